The van der Waals surface area contributed by atoms with Gasteiger partial charge in [-0.05, 0) is 24.8 Å². The molecule has 0 bridgehead atoms. The monoisotopic (exact) mass is 295 g/mol. The fourth-order valence-electron chi connectivity index (χ4n) is 2.47. The average Bonchev–Trinajstić information content (AvgIpc) is 2.98. The van der Waals surface area contributed by atoms with Crippen LogP contribution in [0.2, 0.25) is 0 Å². The predicted octanol–water partition coefficient (Wildman–Crippen LogP) is 1.53. The number of hydrogen-bond donors (Lipinski definition) is 2. The summed E-state index contributed by atoms with van der Waals surface area (Å²) in [6.45, 7) is 5.63. The van der Waals surface area contributed by atoms with Crippen molar-refractivity contribution in [2.45, 2.75) is 32.6 Å². The van der Waals surface area contributed by atoms with Crippen molar-refractivity contribution in [2.75, 3.05) is 25.0 Å². The molecular formula is C14H21N3O4. The third-order valence-electron chi connectivity index (χ3n) is 3.58. The first-order valence-corrected chi connectivity index (χ1v) is 7.14. The second kappa shape index (κ2) is 6.71. The molecule has 7 heteroatoms. The second-order valence-corrected chi connectivity index (χ2v) is 5.81. The summed E-state index contributed by atoms with van der Waals surface area (Å²) < 4.78 is 5.06. The number of hydrogen-bond acceptors (Lipinski definition) is 5. The highest BCUT2D eigenvalue weighted by Gasteiger charge is 2.26. The van der Waals surface area contributed by atoms with Gasteiger partial charge in [-0.25, -0.2) is 0 Å². The SMILES string of the molecule is CC(C)c1cc(NC(=O)CN2CCC(CC(=O)O)C2)on1. The number of amides is 1. The fraction of sp³-hybridized carbons (Fsp3) is 0.643. The third-order valence-corrected chi connectivity index (χ3v) is 3.58. The zero-order valence-corrected chi connectivity index (χ0v) is 12.3. The molecule has 2 heterocycles. The standard InChI is InChI=1S/C14H21N3O4/c1-9(2)11-6-13(21-16-11)15-12(18)8-17-4-3-10(7-17)5-14(19)20/h6,9-10H,3-5,7-8H2,1-2H3,(H,15,18)(H,19,20). The Labute approximate surface area is 123 Å². The van der Waals surface area contributed by atoms with E-state index in [1.807, 2.05) is 18.7 Å². The molecule has 1 aromatic rings. The summed E-state index contributed by atoms with van der Waals surface area (Å²) in [7, 11) is 0. The Balaban J connectivity index is 1.78. The van der Waals surface area contributed by atoms with Crippen molar-refractivity contribution >= 4 is 17.8 Å². The normalized spacial score (nSPS) is 19.1. The van der Waals surface area contributed by atoms with Crippen molar-refractivity contribution in [3.63, 3.8) is 0 Å². The van der Waals surface area contributed by atoms with E-state index >= 15 is 0 Å². The number of aliphatic carboxylic acids is 1. The molecule has 1 aliphatic rings. The molecule has 1 fully saturated rings. The molecule has 0 radical (unpaired) electrons. The van der Waals surface area contributed by atoms with Gasteiger partial charge < -0.3 is 9.63 Å². The molecule has 2 rings (SSSR count). The first-order chi connectivity index (χ1) is 9.94. The third kappa shape index (κ3) is 4.56. The van der Waals surface area contributed by atoms with E-state index in [0.717, 1.165) is 18.7 Å². The van der Waals surface area contributed by atoms with Crippen molar-refractivity contribution in [2.24, 2.45) is 5.92 Å². The topological polar surface area (TPSA) is 95.7 Å². The zero-order chi connectivity index (χ0) is 15.4. The quantitative estimate of drug-likeness (QED) is 0.826. The minimum absolute atomic E-state index is 0.133. The van der Waals surface area contributed by atoms with Crippen LogP contribution >= 0.6 is 0 Å². The maximum Gasteiger partial charge on any atom is 0.303 e. The number of nitrogens with zero attached hydrogens (tertiary/aromatic N) is 2. The Morgan fingerprint density at radius 2 is 2.33 bits per heavy atom. The van der Waals surface area contributed by atoms with Crippen LogP contribution in [0.15, 0.2) is 10.6 Å². The van der Waals surface area contributed by atoms with Gasteiger partial charge in [-0.3, -0.25) is 19.8 Å². The number of likely N-dealkylation sites (tertiary alicyclic amines) is 1. The summed E-state index contributed by atoms with van der Waals surface area (Å²) in [5, 5.41) is 15.3. The van der Waals surface area contributed by atoms with Crippen LogP contribution in [0.25, 0.3) is 0 Å². The van der Waals surface area contributed by atoms with Gasteiger partial charge in [0, 0.05) is 19.0 Å². The molecule has 0 spiro atoms. The van der Waals surface area contributed by atoms with Gasteiger partial charge in [0.2, 0.25) is 11.8 Å². The number of carbonyl (C=O) groups excluding carboxylic acids is 1. The molecule has 1 amide bonds. The van der Waals surface area contributed by atoms with Crippen LogP contribution < -0.4 is 5.32 Å². The Bertz CT molecular complexity index is 512. The molecule has 0 aromatic carbocycles. The van der Waals surface area contributed by atoms with Crippen molar-refractivity contribution in [1.29, 1.82) is 0 Å². The smallest absolute Gasteiger partial charge is 0.303 e. The molecule has 1 atom stereocenters. The largest absolute Gasteiger partial charge is 0.481 e. The summed E-state index contributed by atoms with van der Waals surface area (Å²) >= 11 is 0. The molecule has 1 aromatic heterocycles. The van der Waals surface area contributed by atoms with E-state index in [9.17, 15) is 9.59 Å². The van der Waals surface area contributed by atoms with E-state index in [1.54, 1.807) is 6.07 Å². The van der Waals surface area contributed by atoms with Gasteiger partial charge in [0.25, 0.3) is 0 Å². The number of rotatable bonds is 6. The van der Waals surface area contributed by atoms with Crippen molar-refractivity contribution in [3.8, 4) is 0 Å². The molecule has 1 aliphatic heterocycles. The highest BCUT2D eigenvalue weighted by molar-refractivity contribution is 5.91. The summed E-state index contributed by atoms with van der Waals surface area (Å²) in [5.74, 6) is -0.223. The van der Waals surface area contributed by atoms with E-state index in [-0.39, 0.29) is 30.7 Å². The van der Waals surface area contributed by atoms with E-state index in [0.29, 0.717) is 12.4 Å². The molecule has 0 aliphatic carbocycles. The van der Waals surface area contributed by atoms with Gasteiger partial charge in [0.1, 0.15) is 0 Å². The Morgan fingerprint density at radius 3 is 2.95 bits per heavy atom. The van der Waals surface area contributed by atoms with Crippen molar-refractivity contribution in [1.82, 2.24) is 10.1 Å². The van der Waals surface area contributed by atoms with Crippen LogP contribution in [-0.2, 0) is 9.59 Å². The zero-order valence-electron chi connectivity index (χ0n) is 12.3. The van der Waals surface area contributed by atoms with Crippen LogP contribution in [0, 0.1) is 5.92 Å². The number of carboxylic acid groups (broad SMARTS) is 1. The van der Waals surface area contributed by atoms with Crippen LogP contribution in [0.4, 0.5) is 5.88 Å². The Hall–Kier alpha value is -1.89. The van der Waals surface area contributed by atoms with Gasteiger partial charge in [-0.2, -0.15) is 0 Å². The number of aromatic nitrogens is 1. The first kappa shape index (κ1) is 15.5. The van der Waals surface area contributed by atoms with E-state index in [2.05, 4.69) is 10.5 Å². The molecule has 21 heavy (non-hydrogen) atoms. The minimum atomic E-state index is -0.783. The maximum atomic E-state index is 11.9. The first-order valence-electron chi connectivity index (χ1n) is 7.14. The summed E-state index contributed by atoms with van der Waals surface area (Å²) in [4.78, 5) is 24.5. The lowest BCUT2D eigenvalue weighted by Crippen LogP contribution is -2.31. The Kier molecular flexibility index (Phi) is 4.95. The van der Waals surface area contributed by atoms with Gasteiger partial charge >= 0.3 is 5.97 Å². The number of carbonyl (C=O) groups is 2. The predicted molar refractivity (Wildman–Crippen MR) is 76.0 cm³/mol. The molecule has 1 unspecified atom stereocenters. The van der Waals surface area contributed by atoms with Crippen molar-refractivity contribution < 1.29 is 19.2 Å². The molecule has 2 N–H and O–H groups in total. The van der Waals surface area contributed by atoms with Gasteiger partial charge in [-0.1, -0.05) is 19.0 Å². The molecule has 0 saturated carbocycles. The Morgan fingerprint density at radius 1 is 1.57 bits per heavy atom. The maximum absolute atomic E-state index is 11.9. The molecular weight excluding hydrogens is 274 g/mol. The van der Waals surface area contributed by atoms with Gasteiger partial charge in [-0.15, -0.1) is 0 Å². The van der Waals surface area contributed by atoms with Crippen LogP contribution in [0.1, 0.15) is 38.3 Å². The fourth-order valence-corrected chi connectivity index (χ4v) is 2.47. The van der Waals surface area contributed by atoms with Crippen molar-refractivity contribution in [3.05, 3.63) is 11.8 Å². The van der Waals surface area contributed by atoms with E-state index in [4.69, 9.17) is 9.63 Å². The highest BCUT2D eigenvalue weighted by Crippen LogP contribution is 2.20. The van der Waals surface area contributed by atoms with E-state index in [1.165, 1.54) is 0 Å². The summed E-state index contributed by atoms with van der Waals surface area (Å²) in [6, 6.07) is 1.72. The summed E-state index contributed by atoms with van der Waals surface area (Å²) in [5.41, 5.74) is 0.799. The molecule has 116 valence electrons. The lowest BCUT2D eigenvalue weighted by molar-refractivity contribution is -0.138. The summed E-state index contributed by atoms with van der Waals surface area (Å²) in [6.07, 6.45) is 0.983. The van der Waals surface area contributed by atoms with Crippen LogP contribution in [-0.4, -0.2) is 46.7 Å². The van der Waals surface area contributed by atoms with Gasteiger partial charge in [0.15, 0.2) is 0 Å². The highest BCUT2D eigenvalue weighted by atomic mass is 16.5. The van der Waals surface area contributed by atoms with Gasteiger partial charge in [0.05, 0.1) is 12.2 Å². The molecule has 1 saturated heterocycles. The van der Waals surface area contributed by atoms with E-state index < -0.39 is 5.97 Å². The number of nitrogens with one attached hydrogen (secondary N) is 1. The van der Waals surface area contributed by atoms with Crippen LogP contribution in [0.5, 0.6) is 0 Å². The molecule has 7 nitrogen and oxygen atoms in total. The number of anilines is 1. The minimum Gasteiger partial charge on any atom is -0.481 e. The average molecular weight is 295 g/mol. The lowest BCUT2D eigenvalue weighted by Gasteiger charge is -2.14. The van der Waals surface area contributed by atoms with Crippen LogP contribution in [0.3, 0.4) is 0 Å². The number of carboxylic acids is 1. The lowest BCUT2D eigenvalue weighted by atomic mass is 10.1. The second-order valence-electron chi connectivity index (χ2n) is 5.81.